The molecule has 2 amide bonds. The van der Waals surface area contributed by atoms with E-state index in [1.165, 1.54) is 5.56 Å². The molecule has 1 aliphatic heterocycles. The molecule has 1 aliphatic rings. The quantitative estimate of drug-likeness (QED) is 0.523. The van der Waals surface area contributed by atoms with Crippen molar-refractivity contribution in [1.82, 2.24) is 10.2 Å². The molecule has 0 unspecified atom stereocenters. The van der Waals surface area contributed by atoms with Crippen LogP contribution in [0.1, 0.15) is 34.3 Å². The molecule has 2 N–H and O–H groups in total. The zero-order valence-electron chi connectivity index (χ0n) is 19.5. The fourth-order valence-electron chi connectivity index (χ4n) is 4.28. The van der Waals surface area contributed by atoms with E-state index in [2.05, 4.69) is 27.7 Å². The van der Waals surface area contributed by atoms with Gasteiger partial charge in [0, 0.05) is 19.0 Å². The van der Waals surface area contributed by atoms with E-state index >= 15 is 0 Å². The summed E-state index contributed by atoms with van der Waals surface area (Å²) in [6.07, 6.45) is 1.58. The molecule has 0 saturated carbocycles. The first-order valence-corrected chi connectivity index (χ1v) is 11.7. The maximum absolute atomic E-state index is 13.0. The molecule has 34 heavy (non-hydrogen) atoms. The number of benzene rings is 3. The fourth-order valence-corrected chi connectivity index (χ4v) is 4.28. The molecule has 0 spiro atoms. The molecule has 3 aromatic carbocycles. The lowest BCUT2D eigenvalue weighted by atomic mass is 9.95. The second-order valence-electron chi connectivity index (χ2n) is 8.61. The van der Waals surface area contributed by atoms with Gasteiger partial charge in [0.2, 0.25) is 5.91 Å². The van der Waals surface area contributed by atoms with Crippen LogP contribution in [0.4, 0.5) is 5.69 Å². The number of nitrogens with one attached hydrogen (secondary N) is 2. The SMILES string of the molecule is COc1cccc(CN2CCC(C(=O)Nc3ccccc3C(=O)NCc3ccccc3)CC2)c1. The van der Waals surface area contributed by atoms with Gasteiger partial charge in [0.15, 0.2) is 0 Å². The van der Waals surface area contributed by atoms with Crippen LogP contribution in [-0.4, -0.2) is 36.9 Å². The summed E-state index contributed by atoms with van der Waals surface area (Å²) in [6, 6.07) is 25.0. The maximum atomic E-state index is 13.0. The Bertz CT molecular complexity index is 1110. The van der Waals surface area contributed by atoms with Crippen molar-refractivity contribution >= 4 is 17.5 Å². The predicted octanol–water partition coefficient (Wildman–Crippen LogP) is 4.48. The minimum Gasteiger partial charge on any atom is -0.497 e. The first kappa shape index (κ1) is 23.5. The monoisotopic (exact) mass is 457 g/mol. The third-order valence-electron chi connectivity index (χ3n) is 6.22. The van der Waals surface area contributed by atoms with Gasteiger partial charge in [-0.1, -0.05) is 54.6 Å². The summed E-state index contributed by atoms with van der Waals surface area (Å²) in [7, 11) is 1.67. The topological polar surface area (TPSA) is 70.7 Å². The molecule has 6 nitrogen and oxygen atoms in total. The van der Waals surface area contributed by atoms with Gasteiger partial charge in [0.05, 0.1) is 18.4 Å². The van der Waals surface area contributed by atoms with E-state index in [1.54, 1.807) is 19.2 Å². The van der Waals surface area contributed by atoms with Crippen molar-refractivity contribution in [3.8, 4) is 5.75 Å². The second-order valence-corrected chi connectivity index (χ2v) is 8.61. The molecule has 0 aliphatic carbocycles. The number of hydrogen-bond donors (Lipinski definition) is 2. The average molecular weight is 458 g/mol. The number of carbonyl (C=O) groups excluding carboxylic acids is 2. The Balaban J connectivity index is 1.30. The van der Waals surface area contributed by atoms with Crippen molar-refractivity contribution in [1.29, 1.82) is 0 Å². The van der Waals surface area contributed by atoms with Crippen LogP contribution in [0.5, 0.6) is 5.75 Å². The van der Waals surface area contributed by atoms with Gasteiger partial charge in [0.1, 0.15) is 5.75 Å². The van der Waals surface area contributed by atoms with Crippen molar-refractivity contribution in [2.24, 2.45) is 5.92 Å². The highest BCUT2D eigenvalue weighted by Crippen LogP contribution is 2.23. The van der Waals surface area contributed by atoms with Gasteiger partial charge in [-0.2, -0.15) is 0 Å². The van der Waals surface area contributed by atoms with Crippen LogP contribution in [0.25, 0.3) is 0 Å². The van der Waals surface area contributed by atoms with E-state index in [1.807, 2.05) is 54.6 Å². The van der Waals surface area contributed by atoms with Crippen molar-refractivity contribution in [2.75, 3.05) is 25.5 Å². The molecule has 1 saturated heterocycles. The van der Waals surface area contributed by atoms with Gasteiger partial charge in [-0.3, -0.25) is 14.5 Å². The van der Waals surface area contributed by atoms with Crippen LogP contribution in [-0.2, 0) is 17.9 Å². The smallest absolute Gasteiger partial charge is 0.253 e. The first-order chi connectivity index (χ1) is 16.6. The molecule has 0 atom stereocenters. The summed E-state index contributed by atoms with van der Waals surface area (Å²) in [6.45, 7) is 2.99. The number of piperidine rings is 1. The molecule has 0 aromatic heterocycles. The van der Waals surface area contributed by atoms with Crippen LogP contribution in [0.3, 0.4) is 0 Å². The largest absolute Gasteiger partial charge is 0.497 e. The van der Waals surface area contributed by atoms with Crippen molar-refractivity contribution in [3.63, 3.8) is 0 Å². The maximum Gasteiger partial charge on any atom is 0.253 e. The fraction of sp³-hybridized carbons (Fsp3) is 0.286. The molecule has 176 valence electrons. The summed E-state index contributed by atoms with van der Waals surface area (Å²) >= 11 is 0. The highest BCUT2D eigenvalue weighted by atomic mass is 16.5. The lowest BCUT2D eigenvalue weighted by Crippen LogP contribution is -2.38. The van der Waals surface area contributed by atoms with Crippen LogP contribution in [0.15, 0.2) is 78.9 Å². The Labute approximate surface area is 200 Å². The van der Waals surface area contributed by atoms with E-state index in [0.717, 1.165) is 43.8 Å². The van der Waals surface area contributed by atoms with E-state index in [4.69, 9.17) is 4.74 Å². The molecule has 6 heteroatoms. The Morgan fingerprint density at radius 3 is 2.38 bits per heavy atom. The Hall–Kier alpha value is -3.64. The molecule has 1 heterocycles. The highest BCUT2D eigenvalue weighted by Gasteiger charge is 2.26. The molecule has 1 fully saturated rings. The zero-order valence-corrected chi connectivity index (χ0v) is 19.5. The van der Waals surface area contributed by atoms with E-state index in [9.17, 15) is 9.59 Å². The molecule has 3 aromatic rings. The predicted molar refractivity (Wildman–Crippen MR) is 134 cm³/mol. The molecule has 0 bridgehead atoms. The second kappa shape index (κ2) is 11.5. The van der Waals surface area contributed by atoms with Gasteiger partial charge in [-0.15, -0.1) is 0 Å². The van der Waals surface area contributed by atoms with Crippen LogP contribution >= 0.6 is 0 Å². The number of likely N-dealkylation sites (tertiary alicyclic amines) is 1. The number of para-hydroxylation sites is 1. The van der Waals surface area contributed by atoms with Gasteiger partial charge in [0.25, 0.3) is 5.91 Å². The Morgan fingerprint density at radius 1 is 0.912 bits per heavy atom. The lowest BCUT2D eigenvalue weighted by molar-refractivity contribution is -0.121. The van der Waals surface area contributed by atoms with Gasteiger partial charge >= 0.3 is 0 Å². The summed E-state index contributed by atoms with van der Waals surface area (Å²) in [5, 5.41) is 5.94. The van der Waals surface area contributed by atoms with Crippen LogP contribution < -0.4 is 15.4 Å². The summed E-state index contributed by atoms with van der Waals surface area (Å²) in [5.74, 6) is 0.567. The lowest BCUT2D eigenvalue weighted by Gasteiger charge is -2.31. The minimum absolute atomic E-state index is 0.0238. The molecule has 0 radical (unpaired) electrons. The molecule has 4 rings (SSSR count). The summed E-state index contributed by atoms with van der Waals surface area (Å²) < 4.78 is 5.31. The van der Waals surface area contributed by atoms with Crippen molar-refractivity contribution in [2.45, 2.75) is 25.9 Å². The standard InChI is InChI=1S/C28H31N3O3/c1-34-24-11-7-10-22(18-24)20-31-16-14-23(15-17-31)27(32)30-26-13-6-5-12-25(26)28(33)29-19-21-8-3-2-4-9-21/h2-13,18,23H,14-17,19-20H2,1H3,(H,29,33)(H,30,32). The third-order valence-corrected chi connectivity index (χ3v) is 6.22. The Kier molecular flexibility index (Phi) is 7.94. The first-order valence-electron chi connectivity index (χ1n) is 11.7. The van der Waals surface area contributed by atoms with Crippen LogP contribution in [0, 0.1) is 5.92 Å². The number of nitrogens with zero attached hydrogens (tertiary/aromatic N) is 1. The van der Waals surface area contributed by atoms with Gasteiger partial charge < -0.3 is 15.4 Å². The minimum atomic E-state index is -0.201. The highest BCUT2D eigenvalue weighted by molar-refractivity contribution is 6.04. The number of ether oxygens (including phenoxy) is 1. The molecular weight excluding hydrogens is 426 g/mol. The van der Waals surface area contributed by atoms with Crippen molar-refractivity contribution < 1.29 is 14.3 Å². The molecular formula is C28H31N3O3. The zero-order chi connectivity index (χ0) is 23.8. The van der Waals surface area contributed by atoms with Gasteiger partial charge in [-0.25, -0.2) is 0 Å². The number of hydrogen-bond acceptors (Lipinski definition) is 4. The number of rotatable bonds is 8. The average Bonchev–Trinajstić information content (AvgIpc) is 2.88. The number of anilines is 1. The number of carbonyl (C=O) groups is 2. The van der Waals surface area contributed by atoms with Crippen molar-refractivity contribution in [3.05, 3.63) is 95.6 Å². The van der Waals surface area contributed by atoms with Gasteiger partial charge in [-0.05, 0) is 61.3 Å². The van der Waals surface area contributed by atoms with E-state index < -0.39 is 0 Å². The van der Waals surface area contributed by atoms with E-state index in [-0.39, 0.29) is 17.7 Å². The number of methoxy groups -OCH3 is 1. The Morgan fingerprint density at radius 2 is 1.62 bits per heavy atom. The normalized spacial score (nSPS) is 14.4. The third kappa shape index (κ3) is 6.23. The van der Waals surface area contributed by atoms with E-state index in [0.29, 0.717) is 17.8 Å². The summed E-state index contributed by atoms with van der Waals surface area (Å²) in [4.78, 5) is 28.1. The summed E-state index contributed by atoms with van der Waals surface area (Å²) in [5.41, 5.74) is 3.26. The number of amides is 2. The van der Waals surface area contributed by atoms with Crippen LogP contribution in [0.2, 0.25) is 0 Å².